The van der Waals surface area contributed by atoms with Gasteiger partial charge in [-0.1, -0.05) is 6.07 Å². The number of hydrogen-bond donors (Lipinski definition) is 2. The average Bonchev–Trinajstić information content (AvgIpc) is 3.28. The summed E-state index contributed by atoms with van der Waals surface area (Å²) in [7, 11) is 0. The van der Waals surface area contributed by atoms with Crippen molar-refractivity contribution in [3.8, 4) is 5.69 Å². The number of nitrogens with zero attached hydrogens (tertiary/aromatic N) is 1. The van der Waals surface area contributed by atoms with Crippen LogP contribution >= 0.6 is 0 Å². The Balaban J connectivity index is 1.64. The molecule has 1 aromatic carbocycles. The maximum Gasteiger partial charge on any atom is 0.287 e. The Hall–Kier alpha value is -3.28. The predicted octanol–water partition coefficient (Wildman–Crippen LogP) is 2.83. The fourth-order valence-electron chi connectivity index (χ4n) is 2.24. The Morgan fingerprint density at radius 1 is 1.08 bits per heavy atom. The van der Waals surface area contributed by atoms with Crippen molar-refractivity contribution in [2.24, 2.45) is 0 Å². The SMILES string of the molecule is C[C@H](NC(=O)c1ccco1)C(=O)Nc1cccc(-n2cccc2)c1. The first-order valence-corrected chi connectivity index (χ1v) is 7.52. The number of aromatic nitrogens is 1. The predicted molar refractivity (Wildman–Crippen MR) is 90.0 cm³/mol. The maximum atomic E-state index is 12.3. The second-order valence-electron chi connectivity index (χ2n) is 5.30. The largest absolute Gasteiger partial charge is 0.459 e. The molecule has 0 fully saturated rings. The molecule has 0 unspecified atom stereocenters. The smallest absolute Gasteiger partial charge is 0.287 e. The van der Waals surface area contributed by atoms with Crippen molar-refractivity contribution >= 4 is 17.5 Å². The van der Waals surface area contributed by atoms with Crippen molar-refractivity contribution in [2.75, 3.05) is 5.32 Å². The van der Waals surface area contributed by atoms with Crippen molar-refractivity contribution in [3.63, 3.8) is 0 Å². The second-order valence-corrected chi connectivity index (χ2v) is 5.30. The van der Waals surface area contributed by atoms with Gasteiger partial charge in [0.25, 0.3) is 5.91 Å². The Morgan fingerprint density at radius 2 is 1.88 bits per heavy atom. The van der Waals surface area contributed by atoms with Gasteiger partial charge >= 0.3 is 0 Å². The van der Waals surface area contributed by atoms with Gasteiger partial charge in [0.05, 0.1) is 6.26 Å². The van der Waals surface area contributed by atoms with Crippen molar-refractivity contribution in [3.05, 3.63) is 72.9 Å². The minimum Gasteiger partial charge on any atom is -0.459 e. The molecule has 0 aliphatic rings. The average molecular weight is 323 g/mol. The lowest BCUT2D eigenvalue weighted by Crippen LogP contribution is -2.41. The van der Waals surface area contributed by atoms with Gasteiger partial charge in [-0.3, -0.25) is 9.59 Å². The van der Waals surface area contributed by atoms with Crippen LogP contribution in [-0.4, -0.2) is 22.4 Å². The molecule has 3 aromatic rings. The molecule has 2 heterocycles. The summed E-state index contributed by atoms with van der Waals surface area (Å²) in [5.41, 5.74) is 1.59. The van der Waals surface area contributed by atoms with Crippen molar-refractivity contribution in [1.82, 2.24) is 9.88 Å². The van der Waals surface area contributed by atoms with Crippen LogP contribution in [0.5, 0.6) is 0 Å². The number of rotatable bonds is 5. The molecule has 6 heteroatoms. The number of benzene rings is 1. The summed E-state index contributed by atoms with van der Waals surface area (Å²) < 4.78 is 6.95. The van der Waals surface area contributed by atoms with Gasteiger partial charge in [0.15, 0.2) is 5.76 Å². The molecule has 122 valence electrons. The summed E-state index contributed by atoms with van der Waals surface area (Å²) in [6, 6.07) is 13.8. The van der Waals surface area contributed by atoms with Crippen LogP contribution in [0.15, 0.2) is 71.6 Å². The summed E-state index contributed by atoms with van der Waals surface area (Å²) in [5, 5.41) is 5.39. The Morgan fingerprint density at radius 3 is 2.58 bits per heavy atom. The molecule has 0 bridgehead atoms. The van der Waals surface area contributed by atoms with Crippen LogP contribution in [-0.2, 0) is 4.79 Å². The lowest BCUT2D eigenvalue weighted by atomic mass is 10.2. The van der Waals surface area contributed by atoms with E-state index in [4.69, 9.17) is 4.42 Å². The highest BCUT2D eigenvalue weighted by atomic mass is 16.3. The summed E-state index contributed by atoms with van der Waals surface area (Å²) >= 11 is 0. The van der Waals surface area contributed by atoms with Crippen LogP contribution in [0.4, 0.5) is 5.69 Å². The van der Waals surface area contributed by atoms with E-state index >= 15 is 0 Å². The zero-order valence-electron chi connectivity index (χ0n) is 13.1. The first kappa shape index (κ1) is 15.6. The van der Waals surface area contributed by atoms with Crippen LogP contribution in [0, 0.1) is 0 Å². The molecule has 0 aliphatic carbocycles. The Kier molecular flexibility index (Phi) is 4.47. The highest BCUT2D eigenvalue weighted by Gasteiger charge is 2.18. The number of anilines is 1. The molecular weight excluding hydrogens is 306 g/mol. The third-order valence-corrected chi connectivity index (χ3v) is 3.50. The maximum absolute atomic E-state index is 12.3. The zero-order valence-corrected chi connectivity index (χ0v) is 13.1. The van der Waals surface area contributed by atoms with Gasteiger partial charge in [-0.25, -0.2) is 0 Å². The number of furan rings is 1. The van der Waals surface area contributed by atoms with Crippen molar-refractivity contribution in [2.45, 2.75) is 13.0 Å². The van der Waals surface area contributed by atoms with E-state index in [9.17, 15) is 9.59 Å². The lowest BCUT2D eigenvalue weighted by Gasteiger charge is -2.14. The van der Waals surface area contributed by atoms with E-state index in [-0.39, 0.29) is 11.7 Å². The van der Waals surface area contributed by atoms with Gasteiger partial charge in [-0.2, -0.15) is 0 Å². The fraction of sp³-hybridized carbons (Fsp3) is 0.111. The van der Waals surface area contributed by atoms with E-state index in [0.717, 1.165) is 5.69 Å². The molecule has 0 saturated carbocycles. The van der Waals surface area contributed by atoms with E-state index in [2.05, 4.69) is 10.6 Å². The normalized spacial score (nSPS) is 11.7. The monoisotopic (exact) mass is 323 g/mol. The molecule has 0 radical (unpaired) electrons. The van der Waals surface area contributed by atoms with Crippen LogP contribution in [0.1, 0.15) is 17.5 Å². The summed E-state index contributed by atoms with van der Waals surface area (Å²) in [6.07, 6.45) is 5.26. The van der Waals surface area contributed by atoms with Crippen LogP contribution in [0.2, 0.25) is 0 Å². The lowest BCUT2D eigenvalue weighted by molar-refractivity contribution is -0.117. The number of carbonyl (C=O) groups is 2. The van der Waals surface area contributed by atoms with Crippen LogP contribution in [0.25, 0.3) is 5.69 Å². The van der Waals surface area contributed by atoms with Crippen LogP contribution < -0.4 is 10.6 Å². The van der Waals surface area contributed by atoms with Gasteiger partial charge in [0, 0.05) is 23.8 Å². The van der Waals surface area contributed by atoms with E-state index in [1.807, 2.05) is 47.3 Å². The molecular formula is C18H17N3O3. The van der Waals surface area contributed by atoms with Crippen molar-refractivity contribution in [1.29, 1.82) is 0 Å². The summed E-state index contributed by atoms with van der Waals surface area (Å²) in [6.45, 7) is 1.62. The highest BCUT2D eigenvalue weighted by Crippen LogP contribution is 2.15. The second kappa shape index (κ2) is 6.87. The van der Waals surface area contributed by atoms with Gasteiger partial charge in [-0.15, -0.1) is 0 Å². The molecule has 24 heavy (non-hydrogen) atoms. The minimum atomic E-state index is -0.696. The molecule has 3 rings (SSSR count). The van der Waals surface area contributed by atoms with Crippen molar-refractivity contribution < 1.29 is 14.0 Å². The third-order valence-electron chi connectivity index (χ3n) is 3.50. The topological polar surface area (TPSA) is 76.3 Å². The molecule has 0 spiro atoms. The first-order chi connectivity index (χ1) is 11.6. The standard InChI is InChI=1S/C18H17N3O3/c1-13(19-18(23)16-8-5-11-24-16)17(22)20-14-6-4-7-15(12-14)21-9-2-3-10-21/h2-13H,1H3,(H,19,23)(H,20,22)/t13-/m0/s1. The van der Waals surface area contributed by atoms with E-state index in [1.54, 1.807) is 25.1 Å². The minimum absolute atomic E-state index is 0.171. The molecule has 6 nitrogen and oxygen atoms in total. The van der Waals surface area contributed by atoms with Gasteiger partial charge in [0.2, 0.25) is 5.91 Å². The molecule has 2 aromatic heterocycles. The molecule has 2 N–H and O–H groups in total. The number of carbonyl (C=O) groups excluding carboxylic acids is 2. The Labute approximate surface area is 139 Å². The molecule has 2 amide bonds. The van der Waals surface area contributed by atoms with E-state index < -0.39 is 11.9 Å². The summed E-state index contributed by atoms with van der Waals surface area (Å²) in [5.74, 6) is -0.562. The fourth-order valence-corrected chi connectivity index (χ4v) is 2.24. The Bertz CT molecular complexity index is 823. The van der Waals surface area contributed by atoms with Gasteiger partial charge in [0.1, 0.15) is 6.04 Å². The number of hydrogen-bond acceptors (Lipinski definition) is 3. The highest BCUT2D eigenvalue weighted by molar-refractivity contribution is 5.99. The number of amides is 2. The van der Waals surface area contributed by atoms with Gasteiger partial charge < -0.3 is 19.6 Å². The molecule has 1 atom stereocenters. The molecule has 0 aliphatic heterocycles. The molecule has 0 saturated heterocycles. The summed E-state index contributed by atoms with van der Waals surface area (Å²) in [4.78, 5) is 24.1. The third kappa shape index (κ3) is 3.55. The quantitative estimate of drug-likeness (QED) is 0.758. The first-order valence-electron chi connectivity index (χ1n) is 7.52. The van der Waals surface area contributed by atoms with Gasteiger partial charge in [-0.05, 0) is 49.4 Å². The number of nitrogens with one attached hydrogen (secondary N) is 2. The van der Waals surface area contributed by atoms with E-state index in [1.165, 1.54) is 6.26 Å². The zero-order chi connectivity index (χ0) is 16.9. The van der Waals surface area contributed by atoms with Crippen LogP contribution in [0.3, 0.4) is 0 Å². The van der Waals surface area contributed by atoms with E-state index in [0.29, 0.717) is 5.69 Å².